The van der Waals surface area contributed by atoms with E-state index in [9.17, 15) is 9.90 Å². The highest BCUT2D eigenvalue weighted by atomic mass is 16.5. The Morgan fingerprint density at radius 1 is 1.50 bits per heavy atom. The average molecular weight is 247 g/mol. The fraction of sp³-hybridized carbons (Fsp3) is 0.250. The Morgan fingerprint density at radius 3 is 3.00 bits per heavy atom. The number of hydrogen-bond acceptors (Lipinski definition) is 5. The van der Waals surface area contributed by atoms with E-state index < -0.39 is 0 Å². The molecule has 0 spiro atoms. The van der Waals surface area contributed by atoms with E-state index >= 15 is 0 Å². The van der Waals surface area contributed by atoms with Gasteiger partial charge in [0.1, 0.15) is 5.75 Å². The van der Waals surface area contributed by atoms with Gasteiger partial charge in [-0.25, -0.2) is 0 Å². The molecule has 0 aliphatic carbocycles. The molecule has 0 bridgehead atoms. The predicted molar refractivity (Wildman–Crippen MR) is 63.2 cm³/mol. The number of aryl methyl sites for hydroxylation is 1. The van der Waals surface area contributed by atoms with Gasteiger partial charge in [-0.15, -0.1) is 0 Å². The van der Waals surface area contributed by atoms with Crippen molar-refractivity contribution in [2.75, 3.05) is 6.54 Å². The molecule has 1 aromatic carbocycles. The van der Waals surface area contributed by atoms with Gasteiger partial charge in [0.05, 0.1) is 0 Å². The fourth-order valence-electron chi connectivity index (χ4n) is 1.44. The van der Waals surface area contributed by atoms with E-state index in [1.807, 2.05) is 0 Å². The van der Waals surface area contributed by atoms with Gasteiger partial charge in [-0.3, -0.25) is 4.79 Å². The van der Waals surface area contributed by atoms with Crippen LogP contribution in [-0.2, 0) is 6.42 Å². The molecule has 0 aliphatic heterocycles. The van der Waals surface area contributed by atoms with Crippen molar-refractivity contribution in [2.45, 2.75) is 13.3 Å². The summed E-state index contributed by atoms with van der Waals surface area (Å²) in [6, 6.07) is 4.81. The number of aromatic nitrogens is 2. The standard InChI is InChI=1S/C12H13N3O3/c1-8-2-3-9(6-10(8)16)12(17)13-5-4-11-14-7-18-15-11/h2-3,6-7,16H,4-5H2,1H3,(H,13,17). The van der Waals surface area contributed by atoms with Crippen molar-refractivity contribution in [1.82, 2.24) is 15.5 Å². The molecule has 0 aliphatic rings. The molecule has 0 radical (unpaired) electrons. The molecule has 2 rings (SSSR count). The third kappa shape index (κ3) is 2.85. The van der Waals surface area contributed by atoms with Gasteiger partial charge in [-0.2, -0.15) is 4.98 Å². The summed E-state index contributed by atoms with van der Waals surface area (Å²) in [5.41, 5.74) is 1.16. The number of benzene rings is 1. The molecule has 94 valence electrons. The van der Waals surface area contributed by atoms with Crippen molar-refractivity contribution in [3.63, 3.8) is 0 Å². The second kappa shape index (κ2) is 5.31. The number of hydrogen-bond donors (Lipinski definition) is 2. The van der Waals surface area contributed by atoms with E-state index in [1.165, 1.54) is 12.5 Å². The monoisotopic (exact) mass is 247 g/mol. The van der Waals surface area contributed by atoms with E-state index in [2.05, 4.69) is 20.0 Å². The molecule has 1 amide bonds. The van der Waals surface area contributed by atoms with Crippen LogP contribution in [0.15, 0.2) is 29.1 Å². The molecule has 2 aromatic rings. The van der Waals surface area contributed by atoms with Crippen molar-refractivity contribution in [1.29, 1.82) is 0 Å². The van der Waals surface area contributed by atoms with Crippen LogP contribution in [0.2, 0.25) is 0 Å². The Kier molecular flexibility index (Phi) is 3.57. The van der Waals surface area contributed by atoms with Gasteiger partial charge >= 0.3 is 0 Å². The Morgan fingerprint density at radius 2 is 2.33 bits per heavy atom. The maximum Gasteiger partial charge on any atom is 0.251 e. The van der Waals surface area contributed by atoms with E-state index in [0.717, 1.165) is 5.56 Å². The maximum absolute atomic E-state index is 11.8. The van der Waals surface area contributed by atoms with Gasteiger partial charge in [-0.05, 0) is 24.6 Å². The third-order valence-electron chi connectivity index (χ3n) is 2.51. The van der Waals surface area contributed by atoms with Crippen molar-refractivity contribution in [3.05, 3.63) is 41.5 Å². The summed E-state index contributed by atoms with van der Waals surface area (Å²) in [6.45, 7) is 2.18. The highest BCUT2D eigenvalue weighted by Gasteiger charge is 2.07. The lowest BCUT2D eigenvalue weighted by Gasteiger charge is -2.05. The summed E-state index contributed by atoms with van der Waals surface area (Å²) in [5, 5.41) is 15.9. The van der Waals surface area contributed by atoms with Crippen LogP contribution < -0.4 is 5.32 Å². The number of carbonyl (C=O) groups is 1. The average Bonchev–Trinajstić information content (AvgIpc) is 2.85. The van der Waals surface area contributed by atoms with Crippen LogP contribution in [-0.4, -0.2) is 27.7 Å². The molecule has 6 nitrogen and oxygen atoms in total. The van der Waals surface area contributed by atoms with Gasteiger partial charge in [0.15, 0.2) is 5.82 Å². The molecule has 0 saturated heterocycles. The Bertz CT molecular complexity index is 538. The van der Waals surface area contributed by atoms with E-state index in [1.54, 1.807) is 19.1 Å². The number of nitrogens with one attached hydrogen (secondary N) is 1. The molecule has 2 N–H and O–H groups in total. The van der Waals surface area contributed by atoms with Gasteiger partial charge in [-0.1, -0.05) is 11.2 Å². The molecule has 0 saturated carbocycles. The molecule has 6 heteroatoms. The first-order valence-corrected chi connectivity index (χ1v) is 5.50. The van der Waals surface area contributed by atoms with Crippen molar-refractivity contribution in [2.24, 2.45) is 0 Å². The van der Waals surface area contributed by atoms with Gasteiger partial charge in [0, 0.05) is 18.5 Å². The van der Waals surface area contributed by atoms with Crippen LogP contribution in [0.3, 0.4) is 0 Å². The SMILES string of the molecule is Cc1ccc(C(=O)NCCc2ncon2)cc1O. The highest BCUT2D eigenvalue weighted by molar-refractivity contribution is 5.94. The predicted octanol–water partition coefficient (Wildman–Crippen LogP) is 1.06. The lowest BCUT2D eigenvalue weighted by Crippen LogP contribution is -2.25. The molecular weight excluding hydrogens is 234 g/mol. The Labute approximate surface area is 104 Å². The largest absolute Gasteiger partial charge is 0.508 e. The van der Waals surface area contributed by atoms with E-state index in [4.69, 9.17) is 0 Å². The number of nitrogens with zero attached hydrogens (tertiary/aromatic N) is 2. The first-order chi connectivity index (χ1) is 8.66. The maximum atomic E-state index is 11.8. The van der Waals surface area contributed by atoms with Crippen LogP contribution in [0.1, 0.15) is 21.7 Å². The summed E-state index contributed by atoms with van der Waals surface area (Å²) in [7, 11) is 0. The summed E-state index contributed by atoms with van der Waals surface area (Å²) >= 11 is 0. The van der Waals surface area contributed by atoms with E-state index in [0.29, 0.717) is 24.4 Å². The first kappa shape index (κ1) is 12.1. The quantitative estimate of drug-likeness (QED) is 0.843. The zero-order chi connectivity index (χ0) is 13.0. The smallest absolute Gasteiger partial charge is 0.251 e. The number of phenols is 1. The van der Waals surface area contributed by atoms with Crippen molar-refractivity contribution >= 4 is 5.91 Å². The zero-order valence-electron chi connectivity index (χ0n) is 9.88. The first-order valence-electron chi connectivity index (χ1n) is 5.50. The third-order valence-corrected chi connectivity index (χ3v) is 2.51. The second-order valence-electron chi connectivity index (χ2n) is 3.85. The summed E-state index contributed by atoms with van der Waals surface area (Å²) in [4.78, 5) is 15.6. The summed E-state index contributed by atoms with van der Waals surface area (Å²) in [6.07, 6.45) is 1.75. The second-order valence-corrected chi connectivity index (χ2v) is 3.85. The molecular formula is C12H13N3O3. The number of aromatic hydroxyl groups is 1. The normalized spacial score (nSPS) is 10.3. The van der Waals surface area contributed by atoms with Crippen LogP contribution >= 0.6 is 0 Å². The minimum atomic E-state index is -0.242. The van der Waals surface area contributed by atoms with E-state index in [-0.39, 0.29) is 11.7 Å². The molecule has 18 heavy (non-hydrogen) atoms. The molecule has 0 unspecified atom stereocenters. The Hall–Kier alpha value is -2.37. The molecule has 0 atom stereocenters. The van der Waals surface area contributed by atoms with Crippen molar-refractivity contribution < 1.29 is 14.4 Å². The van der Waals surface area contributed by atoms with Crippen molar-refractivity contribution in [3.8, 4) is 5.75 Å². The van der Waals surface area contributed by atoms with Gasteiger partial charge in [0.2, 0.25) is 6.39 Å². The van der Waals surface area contributed by atoms with Gasteiger partial charge in [0.25, 0.3) is 5.91 Å². The molecule has 1 aromatic heterocycles. The van der Waals surface area contributed by atoms with Crippen LogP contribution in [0.25, 0.3) is 0 Å². The van der Waals surface area contributed by atoms with Crippen LogP contribution in [0, 0.1) is 6.92 Å². The topological polar surface area (TPSA) is 88.3 Å². The minimum absolute atomic E-state index is 0.112. The molecule has 1 heterocycles. The highest BCUT2D eigenvalue weighted by Crippen LogP contribution is 2.17. The zero-order valence-corrected chi connectivity index (χ0v) is 9.88. The number of amides is 1. The number of phenolic OH excluding ortho intramolecular Hbond substituents is 1. The molecule has 0 fully saturated rings. The number of carbonyl (C=O) groups excluding carboxylic acids is 1. The number of rotatable bonds is 4. The van der Waals surface area contributed by atoms with Crippen LogP contribution in [0.4, 0.5) is 0 Å². The summed E-state index contributed by atoms with van der Waals surface area (Å²) < 4.78 is 4.58. The lowest BCUT2D eigenvalue weighted by atomic mass is 10.1. The Balaban J connectivity index is 1.89. The van der Waals surface area contributed by atoms with Crippen LogP contribution in [0.5, 0.6) is 5.75 Å². The summed E-state index contributed by atoms with van der Waals surface area (Å²) in [5.74, 6) is 0.414. The minimum Gasteiger partial charge on any atom is -0.508 e. The fourth-order valence-corrected chi connectivity index (χ4v) is 1.44. The van der Waals surface area contributed by atoms with Gasteiger partial charge < -0.3 is 14.9 Å². The lowest BCUT2D eigenvalue weighted by molar-refractivity contribution is 0.0953.